The van der Waals surface area contributed by atoms with Crippen molar-refractivity contribution in [1.29, 1.82) is 0 Å². The number of amides is 4. The molecule has 4 amide bonds. The lowest BCUT2D eigenvalue weighted by Gasteiger charge is -2.30. The number of alkyl carbamates (subject to hydrolysis) is 2. The molecule has 6 heterocycles. The lowest BCUT2D eigenvalue weighted by Crippen LogP contribution is -2.51. The van der Waals surface area contributed by atoms with Gasteiger partial charge in [0.05, 0.1) is 62.4 Å². The molecule has 3 aromatic carbocycles. The molecule has 0 unspecified atom stereocenters. The van der Waals surface area contributed by atoms with Crippen LogP contribution in [0.1, 0.15) is 77.1 Å². The molecule has 0 aliphatic carbocycles. The Morgan fingerprint density at radius 2 is 1.27 bits per heavy atom. The average molecular weight is 875 g/mol. The number of ether oxygens (including phenoxy) is 4. The fourth-order valence-electron chi connectivity index (χ4n) is 10.3. The van der Waals surface area contributed by atoms with Crippen molar-refractivity contribution >= 4 is 45.8 Å². The fraction of sp³-hybridized carbons (Fsp3) is 0.500. The molecular weight excluding hydrogens is 817 g/mol. The summed E-state index contributed by atoms with van der Waals surface area (Å²) in [6, 6.07) is 16.7. The summed E-state index contributed by atoms with van der Waals surface area (Å²) >= 11 is 0. The molecule has 4 aliphatic rings. The fourth-order valence-corrected chi connectivity index (χ4v) is 10.3. The maximum absolute atomic E-state index is 14.2. The molecule has 0 bridgehead atoms. The number of nitrogens with one attached hydrogen (secondary N) is 4. The number of aromatic amines is 2. The summed E-state index contributed by atoms with van der Waals surface area (Å²) in [5.74, 6) is 0.805. The molecule has 6 atom stereocenters. The highest BCUT2D eigenvalue weighted by Crippen LogP contribution is 2.49. The number of aromatic nitrogens is 4. The Morgan fingerprint density at radius 1 is 0.719 bits per heavy atom. The van der Waals surface area contributed by atoms with Gasteiger partial charge in [-0.3, -0.25) is 9.59 Å². The van der Waals surface area contributed by atoms with Crippen LogP contribution in [0.5, 0.6) is 0 Å². The van der Waals surface area contributed by atoms with Crippen LogP contribution in [0.2, 0.25) is 0 Å². The standard InChI is InChI=1S/C48H58N8O8/c1-27(2)38(53-45(59)61-5)43(57)55-23-47(15-17-63-25-47)20-36(55)41-49-22-35(51-41)30-9-7-29(8-10-30)31-11-13-33-32(19-31)12-14-34-40(33)52-42(50-34)37-21-48(16-18-64-26-48)24-56(37)44(58)39(28(3)4)54-46(60)62-6/h7-14,19,22,27-28,36-39H,15-18,20-21,23-26H2,1-6H3,(H,49,51)(H,50,52)(H,53,59)(H,54,60)/t36-,37-,38-,39-,47+,48+/m0/s1. The molecule has 16 heteroatoms. The molecule has 338 valence electrons. The Labute approximate surface area is 372 Å². The first-order chi connectivity index (χ1) is 30.8. The first kappa shape index (κ1) is 43.3. The quantitative estimate of drug-likeness (QED) is 0.115. The van der Waals surface area contributed by atoms with E-state index in [1.54, 1.807) is 0 Å². The highest BCUT2D eigenvalue weighted by molar-refractivity contribution is 6.05. The largest absolute Gasteiger partial charge is 0.453 e. The van der Waals surface area contributed by atoms with E-state index in [9.17, 15) is 19.2 Å². The topological polar surface area (TPSA) is 193 Å². The number of methoxy groups -OCH3 is 2. The molecule has 0 saturated carbocycles. The van der Waals surface area contributed by atoms with Crippen LogP contribution in [-0.2, 0) is 28.5 Å². The number of imidazole rings is 2. The Kier molecular flexibility index (Phi) is 11.6. The van der Waals surface area contributed by atoms with E-state index >= 15 is 0 Å². The van der Waals surface area contributed by atoms with Gasteiger partial charge in [-0.05, 0) is 71.7 Å². The van der Waals surface area contributed by atoms with E-state index < -0.39 is 24.3 Å². The van der Waals surface area contributed by atoms with Crippen molar-refractivity contribution in [1.82, 2.24) is 40.4 Å². The minimum Gasteiger partial charge on any atom is -0.453 e. The second-order valence-corrected chi connectivity index (χ2v) is 19.0. The highest BCUT2D eigenvalue weighted by atomic mass is 16.5. The van der Waals surface area contributed by atoms with Crippen molar-refractivity contribution in [2.75, 3.05) is 53.7 Å². The van der Waals surface area contributed by atoms with Crippen LogP contribution in [0.4, 0.5) is 9.59 Å². The number of benzene rings is 3. The van der Waals surface area contributed by atoms with Gasteiger partial charge in [-0.25, -0.2) is 19.6 Å². The summed E-state index contributed by atoms with van der Waals surface area (Å²) in [7, 11) is 2.59. The number of likely N-dealkylation sites (tertiary alicyclic amines) is 2. The number of nitrogens with zero attached hydrogens (tertiary/aromatic N) is 4. The molecule has 16 nitrogen and oxygen atoms in total. The summed E-state index contributed by atoms with van der Waals surface area (Å²) in [4.78, 5) is 73.6. The van der Waals surface area contributed by atoms with E-state index in [2.05, 4.69) is 69.1 Å². The molecule has 4 N–H and O–H groups in total. The van der Waals surface area contributed by atoms with Crippen LogP contribution in [0.3, 0.4) is 0 Å². The Balaban J connectivity index is 0.949. The number of H-pyrrole nitrogens is 2. The second-order valence-electron chi connectivity index (χ2n) is 19.0. The van der Waals surface area contributed by atoms with Gasteiger partial charge in [0.25, 0.3) is 0 Å². The lowest BCUT2D eigenvalue weighted by molar-refractivity contribution is -0.136. The van der Waals surface area contributed by atoms with Gasteiger partial charge in [0.2, 0.25) is 11.8 Å². The van der Waals surface area contributed by atoms with Crippen molar-refractivity contribution in [2.24, 2.45) is 22.7 Å². The molecule has 4 fully saturated rings. The van der Waals surface area contributed by atoms with E-state index in [-0.39, 0.29) is 46.6 Å². The van der Waals surface area contributed by atoms with Crippen LogP contribution in [0.15, 0.2) is 60.8 Å². The minimum absolute atomic E-state index is 0.147. The first-order valence-electron chi connectivity index (χ1n) is 22.3. The number of fused-ring (bicyclic) bond motifs is 3. The van der Waals surface area contributed by atoms with Crippen molar-refractivity contribution in [3.63, 3.8) is 0 Å². The van der Waals surface area contributed by atoms with Gasteiger partial charge >= 0.3 is 12.2 Å². The van der Waals surface area contributed by atoms with Crippen LogP contribution in [0.25, 0.3) is 44.2 Å². The van der Waals surface area contributed by atoms with Gasteiger partial charge in [-0.2, -0.15) is 0 Å². The van der Waals surface area contributed by atoms with Crippen LogP contribution < -0.4 is 10.6 Å². The average Bonchev–Trinajstić information content (AvgIpc) is 4.17. The molecule has 9 rings (SSSR count). The predicted octanol–water partition coefficient (Wildman–Crippen LogP) is 6.89. The molecule has 64 heavy (non-hydrogen) atoms. The van der Waals surface area contributed by atoms with Crippen LogP contribution in [0, 0.1) is 22.7 Å². The second kappa shape index (κ2) is 17.2. The predicted molar refractivity (Wildman–Crippen MR) is 239 cm³/mol. The van der Waals surface area contributed by atoms with Gasteiger partial charge < -0.3 is 49.3 Å². The summed E-state index contributed by atoms with van der Waals surface area (Å²) in [5, 5.41) is 7.55. The summed E-state index contributed by atoms with van der Waals surface area (Å²) < 4.78 is 21.4. The summed E-state index contributed by atoms with van der Waals surface area (Å²) in [6.45, 7) is 11.2. The van der Waals surface area contributed by atoms with E-state index in [0.717, 1.165) is 62.9 Å². The normalized spacial score (nSPS) is 24.1. The Bertz CT molecular complexity index is 2550. The van der Waals surface area contributed by atoms with Crippen LogP contribution >= 0.6 is 0 Å². The lowest BCUT2D eigenvalue weighted by atomic mass is 9.85. The molecule has 2 aromatic heterocycles. The Hall–Kier alpha value is -6.00. The molecule has 0 radical (unpaired) electrons. The number of carbonyl (C=O) groups is 4. The third-order valence-corrected chi connectivity index (χ3v) is 14.0. The van der Waals surface area contributed by atoms with Crippen molar-refractivity contribution in [3.8, 4) is 22.4 Å². The zero-order valence-electron chi connectivity index (χ0n) is 37.4. The van der Waals surface area contributed by atoms with E-state index in [4.69, 9.17) is 28.9 Å². The molecule has 4 aliphatic heterocycles. The van der Waals surface area contributed by atoms with Crippen molar-refractivity contribution < 1.29 is 38.1 Å². The summed E-state index contributed by atoms with van der Waals surface area (Å²) in [6.07, 6.45) is 3.69. The maximum Gasteiger partial charge on any atom is 0.407 e. The van der Waals surface area contributed by atoms with E-state index in [1.807, 2.05) is 49.8 Å². The number of carbonyl (C=O) groups excluding carboxylic acids is 4. The van der Waals surface area contributed by atoms with Crippen molar-refractivity contribution in [3.05, 3.63) is 72.4 Å². The van der Waals surface area contributed by atoms with Gasteiger partial charge in [0, 0.05) is 42.5 Å². The minimum atomic E-state index is -0.746. The monoisotopic (exact) mass is 874 g/mol. The number of rotatable bonds is 10. The van der Waals surface area contributed by atoms with Crippen LogP contribution in [-0.4, -0.2) is 120 Å². The van der Waals surface area contributed by atoms with E-state index in [1.165, 1.54) is 14.2 Å². The highest BCUT2D eigenvalue weighted by Gasteiger charge is 2.52. The number of hydrogen-bond donors (Lipinski definition) is 4. The molecule has 2 spiro atoms. The third kappa shape index (κ3) is 8.06. The number of hydrogen-bond acceptors (Lipinski definition) is 10. The maximum atomic E-state index is 14.2. The van der Waals surface area contributed by atoms with Crippen molar-refractivity contribution in [2.45, 2.75) is 77.5 Å². The first-order valence-corrected chi connectivity index (χ1v) is 22.3. The molecule has 4 saturated heterocycles. The third-order valence-electron chi connectivity index (χ3n) is 14.0. The SMILES string of the molecule is COC(=O)N[C@H](C(=O)N1C[C@@]2(CCOC2)C[C@H]1c1ncc(-c2ccc(-c3ccc4c(ccc5[nH]c([C@@H]6C[C@]7(CCOC7)CN6C(=O)[C@@H](NC(=O)OC)C(C)C)nc54)c3)cc2)[nH]1)C(C)C. The zero-order chi connectivity index (χ0) is 44.9. The smallest absolute Gasteiger partial charge is 0.407 e. The van der Waals surface area contributed by atoms with Gasteiger partial charge in [-0.1, -0.05) is 70.2 Å². The molecule has 5 aromatic rings. The van der Waals surface area contributed by atoms with Gasteiger partial charge in [0.15, 0.2) is 0 Å². The van der Waals surface area contributed by atoms with E-state index in [0.29, 0.717) is 58.2 Å². The summed E-state index contributed by atoms with van der Waals surface area (Å²) in [5.41, 5.74) is 5.29. The van der Waals surface area contributed by atoms with Gasteiger partial charge in [0.1, 0.15) is 23.7 Å². The zero-order valence-corrected chi connectivity index (χ0v) is 37.4. The molecular formula is C48H58N8O8. The Morgan fingerprint density at radius 3 is 1.80 bits per heavy atom. The van der Waals surface area contributed by atoms with Gasteiger partial charge in [-0.15, -0.1) is 0 Å².